The number of benzene rings is 2. The smallest absolute Gasteiger partial charge is 0.416 e. The number of hydrogen-bond donors (Lipinski definition) is 1. The Morgan fingerprint density at radius 3 is 2.75 bits per heavy atom. The first-order valence-electron chi connectivity index (χ1n) is 10.6. The minimum atomic E-state index is -4.50. The predicted molar refractivity (Wildman–Crippen MR) is 121 cm³/mol. The van der Waals surface area contributed by atoms with E-state index in [1.54, 1.807) is 4.90 Å². The van der Waals surface area contributed by atoms with E-state index in [0.717, 1.165) is 36.3 Å². The van der Waals surface area contributed by atoms with Gasteiger partial charge in [-0.05, 0) is 69.1 Å². The van der Waals surface area contributed by atoms with Gasteiger partial charge in [-0.3, -0.25) is 4.90 Å². The molecule has 2 aromatic carbocycles. The van der Waals surface area contributed by atoms with Crippen LogP contribution in [0.25, 0.3) is 0 Å². The number of ether oxygens (including phenoxy) is 1. The predicted octanol–water partition coefficient (Wildman–Crippen LogP) is 5.93. The van der Waals surface area contributed by atoms with Crippen molar-refractivity contribution >= 4 is 33.3 Å². The van der Waals surface area contributed by atoms with Gasteiger partial charge in [-0.15, -0.1) is 0 Å². The molecule has 1 atom stereocenters. The van der Waals surface area contributed by atoms with Gasteiger partial charge in [0.1, 0.15) is 5.75 Å². The molecule has 5 nitrogen and oxygen atoms in total. The van der Waals surface area contributed by atoms with Gasteiger partial charge < -0.3 is 15.0 Å². The molecule has 2 amide bonds. The monoisotopic (exact) mass is 511 g/mol. The SMILES string of the molecule is CN1CCCC1CCOc1ccc2c(c1)N(C(=O)Nc1cc(Br)cc(C(F)(F)F)c1)CC2. The second kappa shape index (κ2) is 9.31. The van der Waals surface area contributed by atoms with Crippen LogP contribution in [-0.2, 0) is 12.6 Å². The fourth-order valence-corrected chi connectivity index (χ4v) is 4.83. The molecule has 0 aromatic heterocycles. The molecule has 172 valence electrons. The van der Waals surface area contributed by atoms with Crippen LogP contribution in [0, 0.1) is 0 Å². The number of alkyl halides is 3. The number of carbonyl (C=O) groups excluding carboxylic acids is 1. The maximum atomic E-state index is 13.1. The highest BCUT2D eigenvalue weighted by atomic mass is 79.9. The maximum Gasteiger partial charge on any atom is 0.416 e. The Morgan fingerprint density at radius 1 is 1.22 bits per heavy atom. The van der Waals surface area contributed by atoms with E-state index in [4.69, 9.17) is 4.74 Å². The van der Waals surface area contributed by atoms with Crippen LogP contribution in [0.2, 0.25) is 0 Å². The molecule has 0 saturated carbocycles. The van der Waals surface area contributed by atoms with Crippen LogP contribution in [0.5, 0.6) is 5.75 Å². The van der Waals surface area contributed by atoms with E-state index in [2.05, 4.69) is 33.2 Å². The number of amides is 2. The number of rotatable bonds is 5. The highest BCUT2D eigenvalue weighted by molar-refractivity contribution is 9.10. The van der Waals surface area contributed by atoms with Crippen molar-refractivity contribution in [3.63, 3.8) is 0 Å². The number of carbonyl (C=O) groups is 1. The van der Waals surface area contributed by atoms with Crippen molar-refractivity contribution in [2.24, 2.45) is 0 Å². The third-order valence-corrected chi connectivity index (χ3v) is 6.52. The van der Waals surface area contributed by atoms with E-state index in [1.807, 2.05) is 18.2 Å². The summed E-state index contributed by atoms with van der Waals surface area (Å²) in [5, 5.41) is 2.59. The number of fused-ring (bicyclic) bond motifs is 1. The van der Waals surface area contributed by atoms with Gasteiger partial charge >= 0.3 is 12.2 Å². The zero-order chi connectivity index (χ0) is 22.9. The number of likely N-dealkylation sites (tertiary alicyclic amines) is 1. The Labute approximate surface area is 193 Å². The summed E-state index contributed by atoms with van der Waals surface area (Å²) in [6.07, 6.45) is -0.469. The summed E-state index contributed by atoms with van der Waals surface area (Å²) in [6, 6.07) is 9.11. The fourth-order valence-electron chi connectivity index (χ4n) is 4.33. The van der Waals surface area contributed by atoms with Gasteiger partial charge in [0.15, 0.2) is 0 Å². The van der Waals surface area contributed by atoms with E-state index in [1.165, 1.54) is 18.9 Å². The van der Waals surface area contributed by atoms with E-state index in [0.29, 0.717) is 31.4 Å². The zero-order valence-electron chi connectivity index (χ0n) is 17.7. The van der Waals surface area contributed by atoms with Crippen LogP contribution in [-0.4, -0.2) is 43.7 Å². The molecule has 0 aliphatic carbocycles. The topological polar surface area (TPSA) is 44.8 Å². The first-order chi connectivity index (χ1) is 15.2. The summed E-state index contributed by atoms with van der Waals surface area (Å²) < 4.78 is 45.5. The van der Waals surface area contributed by atoms with Gasteiger partial charge in [-0.1, -0.05) is 22.0 Å². The summed E-state index contributed by atoms with van der Waals surface area (Å²) in [5.41, 5.74) is 0.989. The van der Waals surface area contributed by atoms with Gasteiger partial charge in [-0.2, -0.15) is 13.2 Å². The Balaban J connectivity index is 1.42. The molecule has 4 rings (SSSR count). The molecule has 0 bridgehead atoms. The molecule has 2 aliphatic rings. The molecule has 1 N–H and O–H groups in total. The average Bonchev–Trinajstić information content (AvgIpc) is 3.33. The summed E-state index contributed by atoms with van der Waals surface area (Å²) in [6.45, 7) is 2.17. The molecule has 0 radical (unpaired) electrons. The molecule has 2 heterocycles. The standard InChI is InChI=1S/C23H25BrF3N3O2/c1-29-8-2-3-19(29)7-10-32-20-5-4-15-6-9-30(21(15)14-20)22(31)28-18-12-16(23(25,26)27)11-17(24)13-18/h4-5,11-14,19H,2-3,6-10H2,1H3,(H,28,31). The third-order valence-electron chi connectivity index (χ3n) is 6.07. The summed E-state index contributed by atoms with van der Waals surface area (Å²) in [7, 11) is 2.13. The van der Waals surface area contributed by atoms with Gasteiger partial charge in [0.05, 0.1) is 17.9 Å². The van der Waals surface area contributed by atoms with Gasteiger partial charge in [0.25, 0.3) is 0 Å². The van der Waals surface area contributed by atoms with Crippen LogP contribution < -0.4 is 15.0 Å². The van der Waals surface area contributed by atoms with Crippen molar-refractivity contribution < 1.29 is 22.7 Å². The molecule has 9 heteroatoms. The average molecular weight is 512 g/mol. The minimum absolute atomic E-state index is 0.0817. The largest absolute Gasteiger partial charge is 0.493 e. The Morgan fingerprint density at radius 2 is 2.03 bits per heavy atom. The first kappa shape index (κ1) is 22.9. The lowest BCUT2D eigenvalue weighted by molar-refractivity contribution is -0.137. The van der Waals surface area contributed by atoms with Gasteiger partial charge in [0, 0.05) is 28.8 Å². The van der Waals surface area contributed by atoms with Crippen LogP contribution in [0.4, 0.5) is 29.3 Å². The number of nitrogens with zero attached hydrogens (tertiary/aromatic N) is 2. The fraction of sp³-hybridized carbons (Fsp3) is 0.435. The molecule has 0 spiro atoms. The second-order valence-electron chi connectivity index (χ2n) is 8.26. The van der Waals surface area contributed by atoms with Crippen LogP contribution in [0.1, 0.15) is 30.4 Å². The molecular weight excluding hydrogens is 487 g/mol. The number of urea groups is 1. The highest BCUT2D eigenvalue weighted by Crippen LogP contribution is 2.35. The lowest BCUT2D eigenvalue weighted by Crippen LogP contribution is -2.33. The Kier molecular flexibility index (Phi) is 6.67. The third kappa shape index (κ3) is 5.20. The van der Waals surface area contributed by atoms with Crippen molar-refractivity contribution in [3.8, 4) is 5.75 Å². The molecule has 32 heavy (non-hydrogen) atoms. The van der Waals surface area contributed by atoms with Crippen LogP contribution in [0.3, 0.4) is 0 Å². The van der Waals surface area contributed by atoms with Gasteiger partial charge in [0.2, 0.25) is 0 Å². The van der Waals surface area contributed by atoms with Crippen LogP contribution >= 0.6 is 15.9 Å². The van der Waals surface area contributed by atoms with Crippen molar-refractivity contribution in [3.05, 3.63) is 52.0 Å². The number of nitrogens with one attached hydrogen (secondary N) is 1. The summed E-state index contributed by atoms with van der Waals surface area (Å²) in [4.78, 5) is 16.8. The summed E-state index contributed by atoms with van der Waals surface area (Å²) >= 11 is 3.08. The zero-order valence-corrected chi connectivity index (χ0v) is 19.3. The molecule has 2 aliphatic heterocycles. The molecule has 1 fully saturated rings. The molecule has 1 saturated heterocycles. The molecular formula is C23H25BrF3N3O2. The molecule has 2 aromatic rings. The Hall–Kier alpha value is -2.26. The lowest BCUT2D eigenvalue weighted by Gasteiger charge is -2.21. The second-order valence-corrected chi connectivity index (χ2v) is 9.18. The van der Waals surface area contributed by atoms with E-state index < -0.39 is 17.8 Å². The number of anilines is 2. The van der Waals surface area contributed by atoms with E-state index >= 15 is 0 Å². The minimum Gasteiger partial charge on any atom is -0.493 e. The summed E-state index contributed by atoms with van der Waals surface area (Å²) in [5.74, 6) is 0.686. The van der Waals surface area contributed by atoms with Crippen molar-refractivity contribution in [1.29, 1.82) is 0 Å². The molecule has 1 unspecified atom stereocenters. The maximum absolute atomic E-state index is 13.1. The van der Waals surface area contributed by atoms with E-state index in [-0.39, 0.29) is 10.2 Å². The van der Waals surface area contributed by atoms with Gasteiger partial charge in [-0.25, -0.2) is 4.79 Å². The van der Waals surface area contributed by atoms with Crippen LogP contribution in [0.15, 0.2) is 40.9 Å². The quantitative estimate of drug-likeness (QED) is 0.541. The van der Waals surface area contributed by atoms with Crippen molar-refractivity contribution in [2.75, 3.05) is 37.0 Å². The van der Waals surface area contributed by atoms with Crippen molar-refractivity contribution in [2.45, 2.75) is 37.9 Å². The normalized spacial score (nSPS) is 18.7. The van der Waals surface area contributed by atoms with Crippen molar-refractivity contribution in [1.82, 2.24) is 4.90 Å². The first-order valence-corrected chi connectivity index (χ1v) is 11.4. The highest BCUT2D eigenvalue weighted by Gasteiger charge is 2.32. The van der Waals surface area contributed by atoms with E-state index in [9.17, 15) is 18.0 Å². The number of hydrogen-bond acceptors (Lipinski definition) is 3. The lowest BCUT2D eigenvalue weighted by atomic mass is 10.1. The Bertz CT molecular complexity index is 999. The number of halogens is 4.